The lowest BCUT2D eigenvalue weighted by Crippen LogP contribution is -1.97. The van der Waals surface area contributed by atoms with Crippen molar-refractivity contribution in [2.75, 3.05) is 0 Å². The van der Waals surface area contributed by atoms with Crippen molar-refractivity contribution in [1.82, 2.24) is 0 Å². The van der Waals surface area contributed by atoms with Crippen LogP contribution in [0.1, 0.15) is 35.8 Å². The number of Topliss-reactive ketones (excluding diaryl/α,β-unsaturated/α-hetero) is 1. The molecule has 0 fully saturated rings. The molecular weight excluding hydrogens is 352 g/mol. The van der Waals surface area contributed by atoms with Gasteiger partial charge in [0.1, 0.15) is 17.1 Å². The lowest BCUT2D eigenvalue weighted by Gasteiger charge is -2.04. The highest BCUT2D eigenvalue weighted by Crippen LogP contribution is 2.31. The maximum absolute atomic E-state index is 11.3. The van der Waals surface area contributed by atoms with Gasteiger partial charge < -0.3 is 9.21 Å². The van der Waals surface area contributed by atoms with Crippen LogP contribution in [0.3, 0.4) is 0 Å². The molecule has 0 saturated heterocycles. The van der Waals surface area contributed by atoms with Gasteiger partial charge in [-0.2, -0.15) is 0 Å². The highest BCUT2D eigenvalue weighted by molar-refractivity contribution is 9.10. The van der Waals surface area contributed by atoms with E-state index >= 15 is 0 Å². The van der Waals surface area contributed by atoms with Crippen molar-refractivity contribution in [3.63, 3.8) is 0 Å². The van der Waals surface area contributed by atoms with Crippen LogP contribution >= 0.6 is 15.9 Å². The standard InChI is InChI=1S/C20H19BrO2/c1-13-3-6-15(7-4-13)11-17-18-12-16(21)8-10-20(18)23-19(17)9-5-14(2)22/h3-4,6-8,10,12H,5,9,11H2,1-2H3. The Balaban J connectivity index is 2.03. The Hall–Kier alpha value is -1.87. The van der Waals surface area contributed by atoms with Crippen molar-refractivity contribution >= 4 is 32.7 Å². The van der Waals surface area contributed by atoms with Crippen LogP contribution in [-0.2, 0) is 17.6 Å². The number of furan rings is 1. The number of rotatable bonds is 5. The third-order valence-electron chi connectivity index (χ3n) is 4.04. The van der Waals surface area contributed by atoms with E-state index in [-0.39, 0.29) is 5.78 Å². The van der Waals surface area contributed by atoms with Crippen molar-refractivity contribution in [1.29, 1.82) is 0 Å². The zero-order valence-electron chi connectivity index (χ0n) is 13.4. The molecule has 0 unspecified atom stereocenters. The molecule has 0 atom stereocenters. The molecule has 3 aromatic rings. The van der Waals surface area contributed by atoms with Gasteiger partial charge in [0.2, 0.25) is 0 Å². The van der Waals surface area contributed by atoms with Crippen LogP contribution in [0.25, 0.3) is 11.0 Å². The molecular formula is C20H19BrO2. The summed E-state index contributed by atoms with van der Waals surface area (Å²) in [6.45, 7) is 3.71. The Morgan fingerprint density at radius 2 is 1.87 bits per heavy atom. The molecule has 0 aliphatic carbocycles. The number of ketones is 1. The molecule has 0 N–H and O–H groups in total. The summed E-state index contributed by atoms with van der Waals surface area (Å²) in [5.74, 6) is 1.11. The summed E-state index contributed by atoms with van der Waals surface area (Å²) in [5, 5.41) is 1.12. The predicted octanol–water partition coefficient (Wildman–Crippen LogP) is 5.62. The van der Waals surface area contributed by atoms with Gasteiger partial charge in [-0.15, -0.1) is 0 Å². The SMILES string of the molecule is CC(=O)CCc1oc2ccc(Br)cc2c1Cc1ccc(C)cc1. The van der Waals surface area contributed by atoms with Crippen molar-refractivity contribution < 1.29 is 9.21 Å². The average molecular weight is 371 g/mol. The van der Waals surface area contributed by atoms with E-state index in [0.29, 0.717) is 12.8 Å². The summed E-state index contributed by atoms with van der Waals surface area (Å²) in [6, 6.07) is 14.6. The largest absolute Gasteiger partial charge is 0.461 e. The Bertz CT molecular complexity index is 844. The summed E-state index contributed by atoms with van der Waals surface area (Å²) in [5.41, 5.74) is 4.58. The minimum Gasteiger partial charge on any atom is -0.461 e. The first-order chi connectivity index (χ1) is 11.0. The van der Waals surface area contributed by atoms with Gasteiger partial charge in [0, 0.05) is 34.7 Å². The van der Waals surface area contributed by atoms with E-state index in [9.17, 15) is 4.79 Å². The first-order valence-corrected chi connectivity index (χ1v) is 8.57. The molecule has 2 aromatic carbocycles. The zero-order valence-corrected chi connectivity index (χ0v) is 14.9. The molecule has 2 nitrogen and oxygen atoms in total. The molecule has 118 valence electrons. The summed E-state index contributed by atoms with van der Waals surface area (Å²) in [6.07, 6.45) is 1.99. The number of aryl methyl sites for hydroxylation is 2. The quantitative estimate of drug-likeness (QED) is 0.583. The molecule has 3 heteroatoms. The zero-order chi connectivity index (χ0) is 16.4. The number of fused-ring (bicyclic) bond motifs is 1. The second kappa shape index (κ2) is 6.71. The Morgan fingerprint density at radius 1 is 1.13 bits per heavy atom. The lowest BCUT2D eigenvalue weighted by atomic mass is 9.99. The Morgan fingerprint density at radius 3 is 2.57 bits per heavy atom. The third-order valence-corrected chi connectivity index (χ3v) is 4.54. The number of halogens is 1. The van der Waals surface area contributed by atoms with E-state index < -0.39 is 0 Å². The minimum absolute atomic E-state index is 0.188. The molecule has 3 rings (SSSR count). The molecule has 0 spiro atoms. The fraction of sp³-hybridized carbons (Fsp3) is 0.250. The first-order valence-electron chi connectivity index (χ1n) is 7.77. The smallest absolute Gasteiger partial charge is 0.134 e. The monoisotopic (exact) mass is 370 g/mol. The molecule has 0 amide bonds. The van der Waals surface area contributed by atoms with E-state index in [1.54, 1.807) is 6.92 Å². The maximum atomic E-state index is 11.3. The van der Waals surface area contributed by atoms with Gasteiger partial charge in [-0.1, -0.05) is 45.8 Å². The van der Waals surface area contributed by atoms with Crippen LogP contribution < -0.4 is 0 Å². The molecule has 0 aliphatic heterocycles. The molecule has 0 aliphatic rings. The predicted molar refractivity (Wildman–Crippen MR) is 96.9 cm³/mol. The summed E-state index contributed by atoms with van der Waals surface area (Å²) < 4.78 is 7.06. The van der Waals surface area contributed by atoms with E-state index in [1.165, 1.54) is 16.7 Å². The lowest BCUT2D eigenvalue weighted by molar-refractivity contribution is -0.117. The van der Waals surface area contributed by atoms with Crippen LogP contribution in [-0.4, -0.2) is 5.78 Å². The fourth-order valence-corrected chi connectivity index (χ4v) is 3.13. The van der Waals surface area contributed by atoms with Crippen molar-refractivity contribution in [3.05, 3.63) is 69.4 Å². The topological polar surface area (TPSA) is 30.2 Å². The van der Waals surface area contributed by atoms with Crippen LogP contribution in [0.4, 0.5) is 0 Å². The van der Waals surface area contributed by atoms with Crippen LogP contribution in [0.2, 0.25) is 0 Å². The molecule has 0 radical (unpaired) electrons. The third kappa shape index (κ3) is 3.73. The van der Waals surface area contributed by atoms with E-state index in [2.05, 4.69) is 53.2 Å². The van der Waals surface area contributed by atoms with Gasteiger partial charge >= 0.3 is 0 Å². The fourth-order valence-electron chi connectivity index (χ4n) is 2.77. The normalized spacial score (nSPS) is 11.1. The van der Waals surface area contributed by atoms with Gasteiger partial charge in [-0.05, 0) is 37.6 Å². The average Bonchev–Trinajstić information content (AvgIpc) is 2.85. The van der Waals surface area contributed by atoms with Crippen LogP contribution in [0.5, 0.6) is 0 Å². The van der Waals surface area contributed by atoms with Crippen molar-refractivity contribution in [2.24, 2.45) is 0 Å². The van der Waals surface area contributed by atoms with Gasteiger partial charge in [0.05, 0.1) is 0 Å². The maximum Gasteiger partial charge on any atom is 0.134 e. The summed E-state index contributed by atoms with van der Waals surface area (Å²) in [4.78, 5) is 11.3. The van der Waals surface area contributed by atoms with Gasteiger partial charge in [0.15, 0.2) is 0 Å². The number of carbonyl (C=O) groups is 1. The van der Waals surface area contributed by atoms with E-state index in [1.807, 2.05) is 12.1 Å². The van der Waals surface area contributed by atoms with Gasteiger partial charge in [0.25, 0.3) is 0 Å². The highest BCUT2D eigenvalue weighted by atomic mass is 79.9. The van der Waals surface area contributed by atoms with Crippen molar-refractivity contribution in [2.45, 2.75) is 33.1 Å². The Labute approximate surface area is 144 Å². The highest BCUT2D eigenvalue weighted by Gasteiger charge is 2.15. The molecule has 1 aromatic heterocycles. The number of hydrogen-bond acceptors (Lipinski definition) is 2. The second-order valence-corrected chi connectivity index (χ2v) is 6.92. The van der Waals surface area contributed by atoms with E-state index in [0.717, 1.165) is 27.6 Å². The molecule has 23 heavy (non-hydrogen) atoms. The summed E-state index contributed by atoms with van der Waals surface area (Å²) >= 11 is 3.54. The Kier molecular flexibility index (Phi) is 4.67. The number of hydrogen-bond donors (Lipinski definition) is 0. The van der Waals surface area contributed by atoms with Gasteiger partial charge in [-0.3, -0.25) is 0 Å². The molecule has 0 saturated carbocycles. The van der Waals surface area contributed by atoms with Crippen molar-refractivity contribution in [3.8, 4) is 0 Å². The number of carbonyl (C=O) groups excluding carboxylic acids is 1. The second-order valence-electron chi connectivity index (χ2n) is 6.01. The minimum atomic E-state index is 0.188. The molecule has 0 bridgehead atoms. The van der Waals surface area contributed by atoms with Gasteiger partial charge in [-0.25, -0.2) is 0 Å². The first kappa shape index (κ1) is 16.0. The van der Waals surface area contributed by atoms with Crippen LogP contribution in [0.15, 0.2) is 51.4 Å². The summed E-state index contributed by atoms with van der Waals surface area (Å²) in [7, 11) is 0. The van der Waals surface area contributed by atoms with E-state index in [4.69, 9.17) is 4.42 Å². The van der Waals surface area contributed by atoms with Crippen LogP contribution in [0, 0.1) is 6.92 Å². The number of benzene rings is 2. The molecule has 1 heterocycles.